The van der Waals surface area contributed by atoms with Crippen molar-refractivity contribution in [3.8, 4) is 11.8 Å². The third-order valence-corrected chi connectivity index (χ3v) is 5.79. The van der Waals surface area contributed by atoms with Gasteiger partial charge in [0, 0.05) is 44.7 Å². The van der Waals surface area contributed by atoms with E-state index >= 15 is 0 Å². The monoisotopic (exact) mass is 418 g/mol. The van der Waals surface area contributed by atoms with Gasteiger partial charge in [-0.3, -0.25) is 9.59 Å². The Morgan fingerprint density at radius 1 is 0.903 bits per heavy atom. The van der Waals surface area contributed by atoms with E-state index in [1.807, 2.05) is 53.4 Å². The van der Waals surface area contributed by atoms with Crippen molar-refractivity contribution in [1.82, 2.24) is 4.90 Å². The molecular formula is C24H26N4O3. The fourth-order valence-electron chi connectivity index (χ4n) is 4.11. The van der Waals surface area contributed by atoms with Gasteiger partial charge in [0.1, 0.15) is 12.4 Å². The predicted molar refractivity (Wildman–Crippen MR) is 118 cm³/mol. The number of amides is 2. The fraction of sp³-hybridized carbons (Fsp3) is 0.375. The van der Waals surface area contributed by atoms with Crippen LogP contribution in [0.2, 0.25) is 0 Å². The van der Waals surface area contributed by atoms with E-state index in [4.69, 9.17) is 10.00 Å². The van der Waals surface area contributed by atoms with E-state index < -0.39 is 0 Å². The normalized spacial score (nSPS) is 16.0. The minimum Gasteiger partial charge on any atom is -0.490 e. The summed E-state index contributed by atoms with van der Waals surface area (Å²) in [7, 11) is 0. The van der Waals surface area contributed by atoms with Gasteiger partial charge in [0.05, 0.1) is 23.9 Å². The van der Waals surface area contributed by atoms with Crippen molar-refractivity contribution in [2.24, 2.45) is 0 Å². The molecule has 1 saturated heterocycles. The molecule has 2 aromatic rings. The number of benzene rings is 2. The van der Waals surface area contributed by atoms with Crippen LogP contribution in [0.5, 0.6) is 5.75 Å². The first kappa shape index (κ1) is 20.7. The van der Waals surface area contributed by atoms with E-state index in [2.05, 4.69) is 11.0 Å². The number of para-hydroxylation sites is 2. The van der Waals surface area contributed by atoms with Gasteiger partial charge in [-0.15, -0.1) is 0 Å². The lowest BCUT2D eigenvalue weighted by molar-refractivity contribution is -0.133. The van der Waals surface area contributed by atoms with Gasteiger partial charge in [0.15, 0.2) is 0 Å². The molecule has 2 heterocycles. The van der Waals surface area contributed by atoms with Gasteiger partial charge in [-0.05, 0) is 42.8 Å². The summed E-state index contributed by atoms with van der Waals surface area (Å²) in [5, 5.41) is 8.96. The number of ether oxygens (including phenoxy) is 1. The smallest absolute Gasteiger partial charge is 0.227 e. The van der Waals surface area contributed by atoms with Crippen molar-refractivity contribution in [3.05, 3.63) is 54.1 Å². The Labute approximate surface area is 182 Å². The van der Waals surface area contributed by atoms with Crippen LogP contribution in [0.25, 0.3) is 0 Å². The lowest BCUT2D eigenvalue weighted by atomic mass is 10.2. The van der Waals surface area contributed by atoms with E-state index in [0.717, 1.165) is 30.9 Å². The number of anilines is 2. The molecule has 0 aromatic heterocycles. The minimum absolute atomic E-state index is 0.0246. The standard InChI is InChI=1S/C24H26N4O3/c25-18-19-6-8-20(9-7-19)26-12-3-13-27(15-14-26)23(29)10-11-24(30)28-16-17-31-22-5-2-1-4-21(22)28/h1-2,4-9H,3,10-17H2. The average molecular weight is 418 g/mol. The van der Waals surface area contributed by atoms with E-state index in [1.54, 1.807) is 4.90 Å². The number of nitrogens with zero attached hydrogens (tertiary/aromatic N) is 4. The number of carbonyl (C=O) groups is 2. The lowest BCUT2D eigenvalue weighted by Gasteiger charge is -2.29. The molecule has 0 spiro atoms. The maximum absolute atomic E-state index is 12.8. The van der Waals surface area contributed by atoms with Gasteiger partial charge in [0.25, 0.3) is 0 Å². The summed E-state index contributed by atoms with van der Waals surface area (Å²) in [5.41, 5.74) is 2.48. The number of fused-ring (bicyclic) bond motifs is 1. The van der Waals surface area contributed by atoms with Crippen LogP contribution in [0.1, 0.15) is 24.8 Å². The van der Waals surface area contributed by atoms with Gasteiger partial charge in [-0.1, -0.05) is 12.1 Å². The summed E-state index contributed by atoms with van der Waals surface area (Å²) in [4.78, 5) is 31.4. The molecular weight excluding hydrogens is 392 g/mol. The third kappa shape index (κ3) is 4.80. The largest absolute Gasteiger partial charge is 0.490 e. The van der Waals surface area contributed by atoms with Crippen molar-refractivity contribution in [2.45, 2.75) is 19.3 Å². The molecule has 4 rings (SSSR count). The zero-order valence-electron chi connectivity index (χ0n) is 17.5. The number of hydrogen-bond acceptors (Lipinski definition) is 5. The molecule has 7 nitrogen and oxygen atoms in total. The Morgan fingerprint density at radius 3 is 2.48 bits per heavy atom. The Hall–Kier alpha value is -3.53. The zero-order chi connectivity index (χ0) is 21.6. The summed E-state index contributed by atoms with van der Waals surface area (Å²) in [6.07, 6.45) is 1.29. The van der Waals surface area contributed by atoms with Crippen LogP contribution in [-0.4, -0.2) is 56.0 Å². The van der Waals surface area contributed by atoms with Crippen molar-refractivity contribution in [3.63, 3.8) is 0 Å². The lowest BCUT2D eigenvalue weighted by Crippen LogP contribution is -2.39. The molecule has 0 radical (unpaired) electrons. The molecule has 2 amide bonds. The van der Waals surface area contributed by atoms with Crippen LogP contribution in [0, 0.1) is 11.3 Å². The van der Waals surface area contributed by atoms with Crippen LogP contribution < -0.4 is 14.5 Å². The number of hydrogen-bond donors (Lipinski definition) is 0. The van der Waals surface area contributed by atoms with Crippen molar-refractivity contribution >= 4 is 23.2 Å². The quantitative estimate of drug-likeness (QED) is 0.763. The molecule has 7 heteroatoms. The molecule has 2 aromatic carbocycles. The Balaban J connectivity index is 1.30. The summed E-state index contributed by atoms with van der Waals surface area (Å²) < 4.78 is 5.61. The van der Waals surface area contributed by atoms with Crippen molar-refractivity contribution < 1.29 is 14.3 Å². The van der Waals surface area contributed by atoms with Crippen LogP contribution in [0.3, 0.4) is 0 Å². The summed E-state index contributed by atoms with van der Waals surface area (Å²) in [6.45, 7) is 3.90. The highest BCUT2D eigenvalue weighted by molar-refractivity contribution is 5.97. The molecule has 31 heavy (non-hydrogen) atoms. The molecule has 2 aliphatic rings. The second kappa shape index (κ2) is 9.52. The maximum Gasteiger partial charge on any atom is 0.227 e. The van der Waals surface area contributed by atoms with E-state index in [-0.39, 0.29) is 24.7 Å². The molecule has 0 saturated carbocycles. The average Bonchev–Trinajstić information content (AvgIpc) is 3.08. The first-order valence-electron chi connectivity index (χ1n) is 10.7. The molecule has 0 bridgehead atoms. The number of nitriles is 1. The molecule has 0 unspecified atom stereocenters. The van der Waals surface area contributed by atoms with Gasteiger partial charge in [-0.2, -0.15) is 5.26 Å². The summed E-state index contributed by atoms with van der Waals surface area (Å²) in [5.74, 6) is 0.693. The Morgan fingerprint density at radius 2 is 1.68 bits per heavy atom. The van der Waals surface area contributed by atoms with Crippen molar-refractivity contribution in [1.29, 1.82) is 5.26 Å². The third-order valence-electron chi connectivity index (χ3n) is 5.79. The second-order valence-electron chi connectivity index (χ2n) is 7.74. The second-order valence-corrected chi connectivity index (χ2v) is 7.74. The molecule has 1 fully saturated rings. The highest BCUT2D eigenvalue weighted by Gasteiger charge is 2.25. The molecule has 0 aliphatic carbocycles. The number of carbonyl (C=O) groups excluding carboxylic acids is 2. The van der Waals surface area contributed by atoms with E-state index in [0.29, 0.717) is 37.6 Å². The summed E-state index contributed by atoms with van der Waals surface area (Å²) >= 11 is 0. The highest BCUT2D eigenvalue weighted by atomic mass is 16.5. The first-order chi connectivity index (χ1) is 15.2. The number of rotatable bonds is 4. The molecule has 0 atom stereocenters. The molecule has 160 valence electrons. The zero-order valence-corrected chi connectivity index (χ0v) is 17.5. The topological polar surface area (TPSA) is 76.9 Å². The van der Waals surface area contributed by atoms with Gasteiger partial charge < -0.3 is 19.4 Å². The minimum atomic E-state index is -0.0434. The van der Waals surface area contributed by atoms with Gasteiger partial charge >= 0.3 is 0 Å². The summed E-state index contributed by atoms with van der Waals surface area (Å²) in [6, 6.07) is 17.2. The Kier molecular flexibility index (Phi) is 6.37. The fourth-order valence-corrected chi connectivity index (χ4v) is 4.11. The molecule has 0 N–H and O–H groups in total. The van der Waals surface area contributed by atoms with Crippen LogP contribution >= 0.6 is 0 Å². The first-order valence-corrected chi connectivity index (χ1v) is 10.7. The SMILES string of the molecule is N#Cc1ccc(N2CCCN(C(=O)CCC(=O)N3CCOc4ccccc43)CC2)cc1. The van der Waals surface area contributed by atoms with Crippen LogP contribution in [0.4, 0.5) is 11.4 Å². The van der Waals surface area contributed by atoms with Crippen LogP contribution in [-0.2, 0) is 9.59 Å². The van der Waals surface area contributed by atoms with Gasteiger partial charge in [-0.25, -0.2) is 0 Å². The highest BCUT2D eigenvalue weighted by Crippen LogP contribution is 2.31. The Bertz CT molecular complexity index is 983. The van der Waals surface area contributed by atoms with Gasteiger partial charge in [0.2, 0.25) is 11.8 Å². The van der Waals surface area contributed by atoms with E-state index in [1.165, 1.54) is 0 Å². The van der Waals surface area contributed by atoms with Crippen molar-refractivity contribution in [2.75, 3.05) is 49.1 Å². The van der Waals surface area contributed by atoms with Crippen LogP contribution in [0.15, 0.2) is 48.5 Å². The maximum atomic E-state index is 12.8. The molecule has 2 aliphatic heterocycles. The predicted octanol–water partition coefficient (Wildman–Crippen LogP) is 2.80. The van der Waals surface area contributed by atoms with E-state index in [9.17, 15) is 9.59 Å².